The first kappa shape index (κ1) is 25.7. The van der Waals surface area contributed by atoms with Gasteiger partial charge in [0.2, 0.25) is 0 Å². The highest BCUT2D eigenvalue weighted by Gasteiger charge is 2.03. The topological polar surface area (TPSA) is 73.9 Å². The van der Waals surface area contributed by atoms with Crippen molar-refractivity contribution in [3.8, 4) is 0 Å². The first-order valence-electron chi connectivity index (χ1n) is 12.3. The number of anilines is 2. The van der Waals surface area contributed by atoms with Crippen LogP contribution in [0.15, 0.2) is 60.7 Å². The number of pyridine rings is 2. The molecule has 2 aromatic carbocycles. The number of fused-ring (bicyclic) bond motifs is 2. The van der Waals surface area contributed by atoms with Crippen molar-refractivity contribution in [2.75, 3.05) is 23.7 Å². The minimum Gasteiger partial charge on any atom is -0.362 e. The summed E-state index contributed by atoms with van der Waals surface area (Å²) >= 11 is 10.8. The molecule has 0 saturated heterocycles. The third-order valence-electron chi connectivity index (χ3n) is 5.85. The van der Waals surface area contributed by atoms with E-state index in [4.69, 9.17) is 24.4 Å². The molecule has 0 spiro atoms. The van der Waals surface area contributed by atoms with Gasteiger partial charge < -0.3 is 21.3 Å². The van der Waals surface area contributed by atoms with Crippen LogP contribution in [0.3, 0.4) is 0 Å². The number of aryl methyl sites for hydroxylation is 2. The zero-order valence-electron chi connectivity index (χ0n) is 20.7. The molecule has 2 heterocycles. The number of nitrogens with zero attached hydrogens (tertiary/aromatic N) is 2. The van der Waals surface area contributed by atoms with Gasteiger partial charge in [-0.1, -0.05) is 36.1 Å². The van der Waals surface area contributed by atoms with Gasteiger partial charge in [-0.15, -0.1) is 0 Å². The molecule has 0 aliphatic carbocycles. The first-order valence-corrected chi connectivity index (χ1v) is 13.1. The van der Waals surface area contributed by atoms with E-state index in [-0.39, 0.29) is 0 Å². The number of rotatable bonds is 9. The maximum atomic E-state index is 5.41. The van der Waals surface area contributed by atoms with E-state index in [1.54, 1.807) is 0 Å². The van der Waals surface area contributed by atoms with Gasteiger partial charge in [0.1, 0.15) is 11.6 Å². The minimum atomic E-state index is 0.601. The van der Waals surface area contributed by atoms with Gasteiger partial charge in [0, 0.05) is 23.9 Å². The molecule has 0 bridgehead atoms. The Morgan fingerprint density at radius 1 is 0.611 bits per heavy atom. The first-order chi connectivity index (χ1) is 17.5. The van der Waals surface area contributed by atoms with Crippen LogP contribution in [-0.2, 0) is 0 Å². The van der Waals surface area contributed by atoms with Crippen LogP contribution < -0.4 is 21.3 Å². The lowest BCUT2D eigenvalue weighted by molar-refractivity contribution is 0.625. The molecule has 0 radical (unpaired) electrons. The normalized spacial score (nSPS) is 10.8. The van der Waals surface area contributed by atoms with Crippen molar-refractivity contribution in [1.29, 1.82) is 0 Å². The molecule has 0 aliphatic rings. The fourth-order valence-corrected chi connectivity index (χ4v) is 4.37. The standard InChI is InChI=1S/C28H32N6S2/c1-19-7-11-23-21(17-19)9-13-25(31-23)33-27(35)29-15-5-3-4-6-16-30-28(36)34-26-14-10-22-18-20(2)8-12-24(22)32-26/h7-14,17-18H,3-6,15-16H2,1-2H3,(H2,29,31,33,35)(H2,30,32,34,36). The molecule has 0 saturated carbocycles. The molecule has 36 heavy (non-hydrogen) atoms. The van der Waals surface area contributed by atoms with Crippen LogP contribution in [0.2, 0.25) is 0 Å². The summed E-state index contributed by atoms with van der Waals surface area (Å²) in [5.74, 6) is 1.52. The predicted octanol–water partition coefficient (Wildman–Crippen LogP) is 6.23. The van der Waals surface area contributed by atoms with Crippen LogP contribution in [0.4, 0.5) is 11.6 Å². The molecule has 186 valence electrons. The van der Waals surface area contributed by atoms with E-state index >= 15 is 0 Å². The summed E-state index contributed by atoms with van der Waals surface area (Å²) in [4.78, 5) is 9.25. The van der Waals surface area contributed by atoms with Crippen molar-refractivity contribution in [3.63, 3.8) is 0 Å². The van der Waals surface area contributed by atoms with E-state index in [0.29, 0.717) is 10.2 Å². The second kappa shape index (κ2) is 12.6. The largest absolute Gasteiger partial charge is 0.362 e. The molecule has 8 heteroatoms. The summed E-state index contributed by atoms with van der Waals surface area (Å²) in [7, 11) is 0. The lowest BCUT2D eigenvalue weighted by atomic mass is 10.1. The van der Waals surface area contributed by atoms with Crippen molar-refractivity contribution < 1.29 is 0 Å². The summed E-state index contributed by atoms with van der Waals surface area (Å²) in [6, 6.07) is 20.5. The number of unbranched alkanes of at least 4 members (excludes halogenated alkanes) is 3. The van der Waals surface area contributed by atoms with E-state index < -0.39 is 0 Å². The van der Waals surface area contributed by atoms with E-state index in [0.717, 1.165) is 72.2 Å². The van der Waals surface area contributed by atoms with E-state index in [1.807, 2.05) is 24.3 Å². The predicted molar refractivity (Wildman–Crippen MR) is 160 cm³/mol. The third kappa shape index (κ3) is 7.57. The third-order valence-corrected chi connectivity index (χ3v) is 6.34. The lowest BCUT2D eigenvalue weighted by Gasteiger charge is -2.11. The number of thiocarbonyl (C=S) groups is 2. The number of aromatic nitrogens is 2. The van der Waals surface area contributed by atoms with Crippen molar-refractivity contribution >= 4 is 68.1 Å². The van der Waals surface area contributed by atoms with Gasteiger partial charge in [0.15, 0.2) is 10.2 Å². The molecule has 4 aromatic rings. The van der Waals surface area contributed by atoms with Crippen LogP contribution in [0.5, 0.6) is 0 Å². The van der Waals surface area contributed by atoms with Gasteiger partial charge in [-0.25, -0.2) is 9.97 Å². The summed E-state index contributed by atoms with van der Waals surface area (Å²) < 4.78 is 0. The fourth-order valence-electron chi connectivity index (χ4n) is 3.96. The van der Waals surface area contributed by atoms with Gasteiger partial charge in [-0.3, -0.25) is 0 Å². The quantitative estimate of drug-likeness (QED) is 0.154. The number of benzene rings is 2. The number of hydrogen-bond donors (Lipinski definition) is 4. The maximum Gasteiger partial charge on any atom is 0.171 e. The summed E-state index contributed by atoms with van der Waals surface area (Å²) in [6.07, 6.45) is 4.35. The molecule has 6 nitrogen and oxygen atoms in total. The second-order valence-electron chi connectivity index (χ2n) is 8.96. The molecule has 0 unspecified atom stereocenters. The van der Waals surface area contributed by atoms with Crippen LogP contribution in [0, 0.1) is 13.8 Å². The lowest BCUT2D eigenvalue weighted by Crippen LogP contribution is -2.30. The molecule has 4 rings (SSSR count). The highest BCUT2D eigenvalue weighted by molar-refractivity contribution is 7.80. The Hall–Kier alpha value is -3.36. The zero-order valence-corrected chi connectivity index (χ0v) is 22.4. The van der Waals surface area contributed by atoms with Gasteiger partial charge in [-0.05, 0) is 99.7 Å². The summed E-state index contributed by atoms with van der Waals surface area (Å²) in [5.41, 5.74) is 4.37. The molecule has 0 fully saturated rings. The number of hydrogen-bond acceptors (Lipinski definition) is 4. The second-order valence-corrected chi connectivity index (χ2v) is 9.78. The fraction of sp³-hybridized carbons (Fsp3) is 0.286. The van der Waals surface area contributed by atoms with Crippen LogP contribution >= 0.6 is 24.4 Å². The van der Waals surface area contributed by atoms with Crippen LogP contribution in [-0.4, -0.2) is 33.3 Å². The van der Waals surface area contributed by atoms with Gasteiger partial charge in [0.25, 0.3) is 0 Å². The van der Waals surface area contributed by atoms with E-state index in [9.17, 15) is 0 Å². The van der Waals surface area contributed by atoms with E-state index in [1.165, 1.54) is 11.1 Å². The monoisotopic (exact) mass is 516 g/mol. The average molecular weight is 517 g/mol. The van der Waals surface area contributed by atoms with E-state index in [2.05, 4.69) is 81.5 Å². The molecule has 4 N–H and O–H groups in total. The van der Waals surface area contributed by atoms with Crippen molar-refractivity contribution in [1.82, 2.24) is 20.6 Å². The Morgan fingerprint density at radius 2 is 1.06 bits per heavy atom. The molecule has 0 aliphatic heterocycles. The molecule has 0 amide bonds. The maximum absolute atomic E-state index is 5.41. The average Bonchev–Trinajstić information content (AvgIpc) is 2.86. The summed E-state index contributed by atoms with van der Waals surface area (Å²) in [6.45, 7) is 5.83. The Kier molecular flexibility index (Phi) is 8.97. The van der Waals surface area contributed by atoms with Crippen LogP contribution in [0.25, 0.3) is 21.8 Å². The Morgan fingerprint density at radius 3 is 1.50 bits per heavy atom. The zero-order chi connectivity index (χ0) is 25.3. The van der Waals surface area contributed by atoms with Gasteiger partial charge >= 0.3 is 0 Å². The van der Waals surface area contributed by atoms with Crippen LogP contribution in [0.1, 0.15) is 36.8 Å². The molecule has 2 aromatic heterocycles. The number of nitrogens with one attached hydrogen (secondary N) is 4. The van der Waals surface area contributed by atoms with Gasteiger partial charge in [0.05, 0.1) is 11.0 Å². The van der Waals surface area contributed by atoms with Crippen molar-refractivity contribution in [2.45, 2.75) is 39.5 Å². The summed E-state index contributed by atoms with van der Waals surface area (Å²) in [5, 5.41) is 16.4. The highest BCUT2D eigenvalue weighted by atomic mass is 32.1. The Balaban J connectivity index is 1.06. The van der Waals surface area contributed by atoms with Crippen molar-refractivity contribution in [2.24, 2.45) is 0 Å². The Labute approximate surface area is 223 Å². The highest BCUT2D eigenvalue weighted by Crippen LogP contribution is 2.17. The SMILES string of the molecule is Cc1ccc2nc(NC(=S)NCCCCCCNC(=S)Nc3ccc4cc(C)ccc4n3)ccc2c1. The van der Waals surface area contributed by atoms with Gasteiger partial charge in [-0.2, -0.15) is 0 Å². The molecular weight excluding hydrogens is 484 g/mol. The molecular formula is C28H32N6S2. The molecule has 0 atom stereocenters. The minimum absolute atomic E-state index is 0.601. The van der Waals surface area contributed by atoms with Crippen molar-refractivity contribution in [3.05, 3.63) is 71.8 Å². The smallest absolute Gasteiger partial charge is 0.171 e. The Bertz CT molecular complexity index is 1270.